The summed E-state index contributed by atoms with van der Waals surface area (Å²) in [5, 5.41) is 3.56. The van der Waals surface area contributed by atoms with Crippen molar-refractivity contribution in [3.63, 3.8) is 0 Å². The zero-order chi connectivity index (χ0) is 19.7. The SMILES string of the molecule is Cc1cc(C(=O)Nc2ccc(Cl)cc2C)nc(N2CCc3ccccc3C2)n1. The fourth-order valence-corrected chi connectivity index (χ4v) is 3.66. The highest BCUT2D eigenvalue weighted by molar-refractivity contribution is 6.30. The van der Waals surface area contributed by atoms with Gasteiger partial charge >= 0.3 is 0 Å². The summed E-state index contributed by atoms with van der Waals surface area (Å²) < 4.78 is 0. The molecular formula is C22H21ClN4O. The predicted octanol–water partition coefficient (Wildman–Crippen LogP) is 4.56. The van der Waals surface area contributed by atoms with Crippen LogP contribution in [-0.4, -0.2) is 22.4 Å². The van der Waals surface area contributed by atoms with Gasteiger partial charge in [-0.2, -0.15) is 0 Å². The van der Waals surface area contributed by atoms with E-state index in [0.717, 1.165) is 36.5 Å². The molecule has 3 aromatic rings. The van der Waals surface area contributed by atoms with Crippen LogP contribution >= 0.6 is 11.6 Å². The van der Waals surface area contributed by atoms with Gasteiger partial charge in [0.1, 0.15) is 5.69 Å². The Morgan fingerprint density at radius 2 is 1.86 bits per heavy atom. The molecule has 1 aliphatic rings. The first-order chi connectivity index (χ1) is 13.5. The van der Waals surface area contributed by atoms with Gasteiger partial charge < -0.3 is 10.2 Å². The Balaban J connectivity index is 1.58. The maximum absolute atomic E-state index is 12.8. The zero-order valence-corrected chi connectivity index (χ0v) is 16.6. The van der Waals surface area contributed by atoms with Gasteiger partial charge in [0.2, 0.25) is 5.95 Å². The van der Waals surface area contributed by atoms with Crippen LogP contribution in [-0.2, 0) is 13.0 Å². The zero-order valence-electron chi connectivity index (χ0n) is 15.9. The van der Waals surface area contributed by atoms with E-state index < -0.39 is 0 Å². The summed E-state index contributed by atoms with van der Waals surface area (Å²) in [4.78, 5) is 24.0. The molecule has 2 heterocycles. The summed E-state index contributed by atoms with van der Waals surface area (Å²) in [7, 11) is 0. The Hall–Kier alpha value is -2.92. The molecule has 28 heavy (non-hydrogen) atoms. The van der Waals surface area contributed by atoms with E-state index in [-0.39, 0.29) is 5.91 Å². The second-order valence-electron chi connectivity index (χ2n) is 7.05. The lowest BCUT2D eigenvalue weighted by Gasteiger charge is -2.29. The number of fused-ring (bicyclic) bond motifs is 1. The first kappa shape index (κ1) is 18.4. The second-order valence-corrected chi connectivity index (χ2v) is 7.48. The summed E-state index contributed by atoms with van der Waals surface area (Å²) >= 11 is 6.00. The van der Waals surface area contributed by atoms with E-state index in [0.29, 0.717) is 16.7 Å². The molecule has 0 fully saturated rings. The highest BCUT2D eigenvalue weighted by Gasteiger charge is 2.20. The van der Waals surface area contributed by atoms with Crippen LogP contribution in [0.3, 0.4) is 0 Å². The summed E-state index contributed by atoms with van der Waals surface area (Å²) in [6.07, 6.45) is 0.943. The molecule has 142 valence electrons. The topological polar surface area (TPSA) is 58.1 Å². The number of hydrogen-bond acceptors (Lipinski definition) is 4. The van der Waals surface area contributed by atoms with Gasteiger partial charge in [-0.1, -0.05) is 35.9 Å². The number of anilines is 2. The van der Waals surface area contributed by atoms with Crippen LogP contribution in [0.4, 0.5) is 11.6 Å². The largest absolute Gasteiger partial charge is 0.336 e. The second kappa shape index (κ2) is 7.60. The quantitative estimate of drug-likeness (QED) is 0.709. The van der Waals surface area contributed by atoms with Gasteiger partial charge in [-0.15, -0.1) is 0 Å². The van der Waals surface area contributed by atoms with E-state index in [1.807, 2.05) is 26.0 Å². The number of rotatable bonds is 3. The van der Waals surface area contributed by atoms with E-state index in [2.05, 4.69) is 38.4 Å². The Morgan fingerprint density at radius 1 is 1.07 bits per heavy atom. The number of carbonyl (C=O) groups is 1. The van der Waals surface area contributed by atoms with E-state index in [1.54, 1.807) is 18.2 Å². The molecule has 5 nitrogen and oxygen atoms in total. The lowest BCUT2D eigenvalue weighted by molar-refractivity contribution is 0.102. The Bertz CT molecular complexity index is 1050. The molecule has 1 aliphatic heterocycles. The van der Waals surface area contributed by atoms with Crippen LogP contribution in [0.5, 0.6) is 0 Å². The third-order valence-electron chi connectivity index (χ3n) is 4.93. The van der Waals surface area contributed by atoms with Crippen molar-refractivity contribution >= 4 is 29.1 Å². The number of aromatic nitrogens is 2. The number of benzene rings is 2. The molecule has 1 N–H and O–H groups in total. The van der Waals surface area contributed by atoms with E-state index >= 15 is 0 Å². The number of nitrogens with zero attached hydrogens (tertiary/aromatic N) is 3. The highest BCUT2D eigenvalue weighted by Crippen LogP contribution is 2.23. The van der Waals surface area contributed by atoms with Gasteiger partial charge in [0, 0.05) is 29.5 Å². The molecule has 0 unspecified atom stereocenters. The molecule has 0 atom stereocenters. The number of carbonyl (C=O) groups excluding carboxylic acids is 1. The Labute approximate surface area is 169 Å². The van der Waals surface area contributed by atoms with E-state index in [9.17, 15) is 4.79 Å². The van der Waals surface area contributed by atoms with Crippen molar-refractivity contribution in [1.82, 2.24) is 9.97 Å². The third kappa shape index (κ3) is 3.85. The number of hydrogen-bond donors (Lipinski definition) is 1. The van der Waals surface area contributed by atoms with Crippen LogP contribution in [0.15, 0.2) is 48.5 Å². The van der Waals surface area contributed by atoms with Gasteiger partial charge in [-0.3, -0.25) is 4.79 Å². The Morgan fingerprint density at radius 3 is 2.64 bits per heavy atom. The molecule has 0 aliphatic carbocycles. The molecule has 6 heteroatoms. The Kier molecular flexibility index (Phi) is 5.01. The maximum atomic E-state index is 12.8. The van der Waals surface area contributed by atoms with Crippen molar-refractivity contribution in [2.45, 2.75) is 26.8 Å². The van der Waals surface area contributed by atoms with Gasteiger partial charge in [-0.05, 0) is 61.2 Å². The summed E-state index contributed by atoms with van der Waals surface area (Å²) in [6, 6.07) is 15.5. The molecular weight excluding hydrogens is 372 g/mol. The van der Waals surface area contributed by atoms with Crippen molar-refractivity contribution in [2.75, 3.05) is 16.8 Å². The van der Waals surface area contributed by atoms with Crippen molar-refractivity contribution in [1.29, 1.82) is 0 Å². The minimum Gasteiger partial charge on any atom is -0.336 e. The monoisotopic (exact) mass is 392 g/mol. The molecule has 0 saturated carbocycles. The lowest BCUT2D eigenvalue weighted by atomic mass is 10.0. The predicted molar refractivity (Wildman–Crippen MR) is 112 cm³/mol. The van der Waals surface area contributed by atoms with Crippen LogP contribution < -0.4 is 10.2 Å². The maximum Gasteiger partial charge on any atom is 0.274 e. The number of aryl methyl sites for hydroxylation is 2. The van der Waals surface area contributed by atoms with Crippen molar-refractivity contribution in [3.8, 4) is 0 Å². The summed E-state index contributed by atoms with van der Waals surface area (Å²) in [6.45, 7) is 5.37. The van der Waals surface area contributed by atoms with Gasteiger partial charge in [-0.25, -0.2) is 9.97 Å². The molecule has 2 aromatic carbocycles. The van der Waals surface area contributed by atoms with Crippen LogP contribution in [0.2, 0.25) is 5.02 Å². The van der Waals surface area contributed by atoms with Gasteiger partial charge in [0.05, 0.1) is 0 Å². The van der Waals surface area contributed by atoms with Crippen LogP contribution in [0.25, 0.3) is 0 Å². The molecule has 0 radical (unpaired) electrons. The fraction of sp³-hybridized carbons (Fsp3) is 0.227. The molecule has 0 spiro atoms. The van der Waals surface area contributed by atoms with Crippen molar-refractivity contribution in [3.05, 3.63) is 81.6 Å². The van der Waals surface area contributed by atoms with E-state index in [4.69, 9.17) is 11.6 Å². The third-order valence-corrected chi connectivity index (χ3v) is 5.16. The highest BCUT2D eigenvalue weighted by atomic mass is 35.5. The van der Waals surface area contributed by atoms with Crippen molar-refractivity contribution in [2.24, 2.45) is 0 Å². The number of amides is 1. The molecule has 0 bridgehead atoms. The summed E-state index contributed by atoms with van der Waals surface area (Å²) in [5.41, 5.74) is 5.39. The molecule has 1 amide bonds. The minimum atomic E-state index is -0.255. The first-order valence-corrected chi connectivity index (χ1v) is 9.62. The molecule has 1 aromatic heterocycles. The van der Waals surface area contributed by atoms with Crippen molar-refractivity contribution < 1.29 is 4.79 Å². The number of halogens is 1. The van der Waals surface area contributed by atoms with Crippen LogP contribution in [0.1, 0.15) is 32.9 Å². The summed E-state index contributed by atoms with van der Waals surface area (Å²) in [5.74, 6) is 0.335. The smallest absolute Gasteiger partial charge is 0.274 e. The normalized spacial score (nSPS) is 13.2. The average Bonchev–Trinajstić information content (AvgIpc) is 2.69. The fourth-order valence-electron chi connectivity index (χ4n) is 3.43. The standard InChI is InChI=1S/C22H21ClN4O/c1-14-11-18(23)7-8-19(14)25-21(28)20-12-15(2)24-22(26-20)27-10-9-16-5-3-4-6-17(16)13-27/h3-8,11-12H,9-10,13H2,1-2H3,(H,25,28). The van der Waals surface area contributed by atoms with Gasteiger partial charge in [0.15, 0.2) is 0 Å². The number of nitrogens with one attached hydrogen (secondary N) is 1. The van der Waals surface area contributed by atoms with E-state index in [1.165, 1.54) is 11.1 Å². The minimum absolute atomic E-state index is 0.255. The lowest BCUT2D eigenvalue weighted by Crippen LogP contribution is -2.32. The first-order valence-electron chi connectivity index (χ1n) is 9.24. The molecule has 4 rings (SSSR count). The molecule has 0 saturated heterocycles. The van der Waals surface area contributed by atoms with Crippen LogP contribution in [0, 0.1) is 13.8 Å². The van der Waals surface area contributed by atoms with Gasteiger partial charge in [0.25, 0.3) is 5.91 Å². The average molecular weight is 393 g/mol.